The number of anilines is 1. The van der Waals surface area contributed by atoms with E-state index in [9.17, 15) is 18.7 Å². The van der Waals surface area contributed by atoms with Gasteiger partial charge >= 0.3 is 0 Å². The highest BCUT2D eigenvalue weighted by molar-refractivity contribution is 5.79. The molecule has 1 fully saturated rings. The minimum absolute atomic E-state index is 0.0109. The van der Waals surface area contributed by atoms with Gasteiger partial charge in [-0.05, 0) is 70.4 Å². The van der Waals surface area contributed by atoms with Crippen LogP contribution in [0.4, 0.5) is 14.6 Å². The van der Waals surface area contributed by atoms with Gasteiger partial charge in [-0.1, -0.05) is 6.07 Å². The molecule has 2 aromatic heterocycles. The maximum Gasteiger partial charge on any atom is 0.227 e. The van der Waals surface area contributed by atoms with Gasteiger partial charge in [0.2, 0.25) is 5.91 Å². The number of carbonyl (C=O) groups is 1. The number of carbonyl (C=O) groups excluding carboxylic acids is 1. The van der Waals surface area contributed by atoms with E-state index in [2.05, 4.69) is 15.3 Å². The molecule has 4 rings (SSSR count). The van der Waals surface area contributed by atoms with E-state index in [-0.39, 0.29) is 30.4 Å². The van der Waals surface area contributed by atoms with Gasteiger partial charge in [0.15, 0.2) is 0 Å². The Morgan fingerprint density at radius 3 is 2.46 bits per heavy atom. The van der Waals surface area contributed by atoms with E-state index in [0.717, 1.165) is 29.1 Å². The molecule has 196 valence electrons. The normalized spacial score (nSPS) is 15.9. The largest absolute Gasteiger partial charge is 0.383 e. The number of hydrogen-bond donors (Lipinski definition) is 2. The van der Waals surface area contributed by atoms with Gasteiger partial charge < -0.3 is 15.3 Å². The molecule has 1 aliphatic rings. The van der Waals surface area contributed by atoms with Gasteiger partial charge in [-0.25, -0.2) is 23.7 Å². The number of benzene rings is 1. The second-order valence-corrected chi connectivity index (χ2v) is 10.0. The van der Waals surface area contributed by atoms with Crippen molar-refractivity contribution in [3.63, 3.8) is 0 Å². The van der Waals surface area contributed by atoms with Crippen LogP contribution in [0, 0.1) is 32.4 Å². The molecule has 3 aromatic rings. The summed E-state index contributed by atoms with van der Waals surface area (Å²) < 4.78 is 28.0. The third-order valence-corrected chi connectivity index (χ3v) is 6.85. The lowest BCUT2D eigenvalue weighted by molar-refractivity contribution is -0.131. The van der Waals surface area contributed by atoms with Crippen LogP contribution in [0.25, 0.3) is 0 Å². The number of aryl methyl sites for hydroxylation is 3. The van der Waals surface area contributed by atoms with Gasteiger partial charge in [-0.3, -0.25) is 4.79 Å². The lowest BCUT2D eigenvalue weighted by Crippen LogP contribution is -2.40. The van der Waals surface area contributed by atoms with Crippen molar-refractivity contribution in [2.75, 3.05) is 25.0 Å². The third kappa shape index (κ3) is 6.28. The molecule has 1 atom stereocenters. The molecular weight excluding hydrogens is 476 g/mol. The summed E-state index contributed by atoms with van der Waals surface area (Å²) in [6, 6.07) is 7.52. The van der Waals surface area contributed by atoms with E-state index < -0.39 is 17.2 Å². The summed E-state index contributed by atoms with van der Waals surface area (Å²) >= 11 is 0. The summed E-state index contributed by atoms with van der Waals surface area (Å²) in [5.74, 6) is -0.430. The quantitative estimate of drug-likeness (QED) is 0.492. The first-order valence-electron chi connectivity index (χ1n) is 12.5. The Morgan fingerprint density at radius 1 is 1.14 bits per heavy atom. The van der Waals surface area contributed by atoms with Gasteiger partial charge in [0.05, 0.1) is 12.1 Å². The molecule has 0 saturated carbocycles. The first-order valence-corrected chi connectivity index (χ1v) is 12.5. The van der Waals surface area contributed by atoms with Crippen LogP contribution in [-0.4, -0.2) is 50.5 Å². The van der Waals surface area contributed by atoms with E-state index in [1.165, 1.54) is 6.07 Å². The number of halogens is 2. The Hall–Kier alpha value is -3.46. The molecule has 0 bridgehead atoms. The Balaban J connectivity index is 1.45. The van der Waals surface area contributed by atoms with Crippen LogP contribution in [0.2, 0.25) is 0 Å². The van der Waals surface area contributed by atoms with Gasteiger partial charge in [-0.15, -0.1) is 0 Å². The Labute approximate surface area is 216 Å². The summed E-state index contributed by atoms with van der Waals surface area (Å²) in [5.41, 5.74) is 1.89. The number of aliphatic hydroxyl groups is 1. The SMILES string of the molecule is Cc1cc(C)nc(NCC(C)(O)c2cnc(C)nc2C2CCN(C(=O)Cc3c(F)cccc3F)CC2)c1. The predicted octanol–water partition coefficient (Wildman–Crippen LogP) is 4.34. The molecule has 0 radical (unpaired) electrons. The number of nitrogens with zero attached hydrogens (tertiary/aromatic N) is 4. The Kier molecular flexibility index (Phi) is 7.82. The van der Waals surface area contributed by atoms with Crippen LogP contribution in [-0.2, 0) is 16.8 Å². The average Bonchev–Trinajstić information content (AvgIpc) is 2.84. The number of likely N-dealkylation sites (tertiary alicyclic amines) is 1. The lowest BCUT2D eigenvalue weighted by atomic mass is 9.85. The lowest BCUT2D eigenvalue weighted by Gasteiger charge is -2.34. The monoisotopic (exact) mass is 509 g/mol. The summed E-state index contributed by atoms with van der Waals surface area (Å²) in [7, 11) is 0. The molecular formula is C28H33F2N5O2. The first kappa shape index (κ1) is 26.6. The molecule has 0 spiro atoms. The number of pyridine rings is 1. The van der Waals surface area contributed by atoms with Crippen molar-refractivity contribution in [1.82, 2.24) is 19.9 Å². The van der Waals surface area contributed by atoms with Crippen molar-refractivity contribution in [2.45, 2.75) is 58.5 Å². The van der Waals surface area contributed by atoms with E-state index >= 15 is 0 Å². The molecule has 0 aliphatic carbocycles. The van der Waals surface area contributed by atoms with Crippen molar-refractivity contribution in [3.05, 3.63) is 82.1 Å². The topological polar surface area (TPSA) is 91.2 Å². The molecule has 1 unspecified atom stereocenters. The van der Waals surface area contributed by atoms with Crippen molar-refractivity contribution >= 4 is 11.7 Å². The highest BCUT2D eigenvalue weighted by Gasteiger charge is 2.33. The van der Waals surface area contributed by atoms with Crippen LogP contribution < -0.4 is 5.32 Å². The van der Waals surface area contributed by atoms with Gasteiger partial charge in [0, 0.05) is 48.6 Å². The number of amides is 1. The molecule has 37 heavy (non-hydrogen) atoms. The summed E-state index contributed by atoms with van der Waals surface area (Å²) in [4.78, 5) is 27.9. The molecule has 1 aliphatic heterocycles. The summed E-state index contributed by atoms with van der Waals surface area (Å²) in [5, 5.41) is 14.7. The zero-order valence-electron chi connectivity index (χ0n) is 21.7. The van der Waals surface area contributed by atoms with Crippen LogP contribution in [0.1, 0.15) is 59.6 Å². The number of rotatable bonds is 7. The summed E-state index contributed by atoms with van der Waals surface area (Å²) in [6.45, 7) is 8.54. The van der Waals surface area contributed by atoms with Crippen molar-refractivity contribution in [1.29, 1.82) is 0 Å². The number of hydrogen-bond acceptors (Lipinski definition) is 6. The zero-order valence-corrected chi connectivity index (χ0v) is 21.7. The Bertz CT molecular complexity index is 1250. The fraction of sp³-hybridized carbons (Fsp3) is 0.429. The van der Waals surface area contributed by atoms with Crippen LogP contribution in [0.15, 0.2) is 36.5 Å². The minimum atomic E-state index is -1.27. The second kappa shape index (κ2) is 10.9. The van der Waals surface area contributed by atoms with Gasteiger partial charge in [-0.2, -0.15) is 0 Å². The van der Waals surface area contributed by atoms with Crippen molar-refractivity contribution in [2.24, 2.45) is 0 Å². The summed E-state index contributed by atoms with van der Waals surface area (Å²) in [6.07, 6.45) is 2.61. The molecule has 7 nitrogen and oxygen atoms in total. The third-order valence-electron chi connectivity index (χ3n) is 6.85. The van der Waals surface area contributed by atoms with E-state index in [1.807, 2.05) is 26.0 Å². The maximum absolute atomic E-state index is 14.0. The molecule has 3 heterocycles. The predicted molar refractivity (Wildman–Crippen MR) is 137 cm³/mol. The van der Waals surface area contributed by atoms with Crippen molar-refractivity contribution in [3.8, 4) is 0 Å². The van der Waals surface area contributed by atoms with Crippen LogP contribution >= 0.6 is 0 Å². The Morgan fingerprint density at radius 2 is 1.81 bits per heavy atom. The zero-order chi connectivity index (χ0) is 26.7. The van der Waals surface area contributed by atoms with Crippen LogP contribution in [0.5, 0.6) is 0 Å². The minimum Gasteiger partial charge on any atom is -0.383 e. The molecule has 9 heteroatoms. The van der Waals surface area contributed by atoms with Gasteiger partial charge in [0.25, 0.3) is 0 Å². The average molecular weight is 510 g/mol. The smallest absolute Gasteiger partial charge is 0.227 e. The van der Waals surface area contributed by atoms with E-state index in [0.29, 0.717) is 43.1 Å². The highest BCUT2D eigenvalue weighted by atomic mass is 19.1. The maximum atomic E-state index is 14.0. The fourth-order valence-corrected chi connectivity index (χ4v) is 4.87. The van der Waals surface area contributed by atoms with E-state index in [4.69, 9.17) is 4.98 Å². The van der Waals surface area contributed by atoms with Crippen molar-refractivity contribution < 1.29 is 18.7 Å². The highest BCUT2D eigenvalue weighted by Crippen LogP contribution is 2.34. The van der Waals surface area contributed by atoms with Crippen LogP contribution in [0.3, 0.4) is 0 Å². The second-order valence-electron chi connectivity index (χ2n) is 10.0. The van der Waals surface area contributed by atoms with E-state index in [1.54, 1.807) is 24.9 Å². The number of aromatic nitrogens is 3. The molecule has 1 saturated heterocycles. The number of piperidine rings is 1. The van der Waals surface area contributed by atoms with Gasteiger partial charge in [0.1, 0.15) is 28.9 Å². The molecule has 1 aromatic carbocycles. The number of nitrogens with one attached hydrogen (secondary N) is 1. The molecule has 1 amide bonds. The standard InChI is InChI=1S/C28H33F2N5O2/c1-17-12-18(2)33-25(13-17)32-16-28(4,37)22-15-31-19(3)34-27(22)20-8-10-35(11-9-20)26(36)14-21-23(29)6-5-7-24(21)30/h5-7,12-13,15,20,37H,8-11,14,16H2,1-4H3,(H,32,33). The first-order chi connectivity index (χ1) is 17.5. The fourth-order valence-electron chi connectivity index (χ4n) is 4.87. The molecule has 2 N–H and O–H groups in total.